The lowest BCUT2D eigenvalue weighted by Crippen LogP contribution is -2.39. The molecular formula is C17H24N4O2. The fourth-order valence-electron chi connectivity index (χ4n) is 3.46. The van der Waals surface area contributed by atoms with Gasteiger partial charge in [0.25, 0.3) is 0 Å². The van der Waals surface area contributed by atoms with Crippen molar-refractivity contribution in [2.45, 2.75) is 64.8 Å². The molecule has 2 aliphatic rings. The number of nitrogens with zero attached hydrogens (tertiary/aromatic N) is 2. The summed E-state index contributed by atoms with van der Waals surface area (Å²) in [4.78, 5) is 32.7. The van der Waals surface area contributed by atoms with E-state index >= 15 is 0 Å². The highest BCUT2D eigenvalue weighted by atomic mass is 16.2. The van der Waals surface area contributed by atoms with Gasteiger partial charge in [0.1, 0.15) is 0 Å². The Morgan fingerprint density at radius 3 is 2.70 bits per heavy atom. The molecule has 0 saturated heterocycles. The van der Waals surface area contributed by atoms with Crippen molar-refractivity contribution in [1.29, 1.82) is 0 Å². The first-order chi connectivity index (χ1) is 10.9. The number of carbonyl (C=O) groups excluding carboxylic acids is 2. The lowest BCUT2D eigenvalue weighted by atomic mass is 9.76. The molecule has 1 heterocycles. The van der Waals surface area contributed by atoms with Crippen molar-refractivity contribution in [3.63, 3.8) is 0 Å². The van der Waals surface area contributed by atoms with Crippen LogP contribution in [-0.4, -0.2) is 27.8 Å². The first-order valence-corrected chi connectivity index (χ1v) is 8.40. The number of fused-ring (bicyclic) bond motifs is 1. The predicted octanol–water partition coefficient (Wildman–Crippen LogP) is 3.09. The zero-order valence-electron chi connectivity index (χ0n) is 13.8. The zero-order valence-corrected chi connectivity index (χ0v) is 13.8. The molecule has 0 spiro atoms. The lowest BCUT2D eigenvalue weighted by Gasteiger charge is -2.29. The Kier molecular flexibility index (Phi) is 4.33. The molecule has 0 aliphatic heterocycles. The molecule has 3 rings (SSSR count). The van der Waals surface area contributed by atoms with Crippen LogP contribution in [0.2, 0.25) is 0 Å². The van der Waals surface area contributed by atoms with Gasteiger partial charge in [-0.25, -0.2) is 14.8 Å². The molecule has 2 N–H and O–H groups in total. The Bertz CT molecular complexity index is 621. The van der Waals surface area contributed by atoms with Crippen molar-refractivity contribution in [1.82, 2.24) is 15.3 Å². The average molecular weight is 316 g/mol. The van der Waals surface area contributed by atoms with Gasteiger partial charge in [0.05, 0.1) is 11.3 Å². The Labute approximate surface area is 136 Å². The molecule has 2 amide bonds. The van der Waals surface area contributed by atoms with Gasteiger partial charge in [0, 0.05) is 18.7 Å². The Morgan fingerprint density at radius 2 is 1.96 bits per heavy atom. The minimum atomic E-state index is -0.266. The molecule has 0 radical (unpaired) electrons. The van der Waals surface area contributed by atoms with Crippen LogP contribution in [0.1, 0.15) is 68.4 Å². The molecule has 124 valence electrons. The fraction of sp³-hybridized carbons (Fsp3) is 0.647. The number of Topliss-reactive ketones (excluding diaryl/α,β-unsaturated/α-hetero) is 1. The van der Waals surface area contributed by atoms with E-state index in [0.717, 1.165) is 37.8 Å². The number of ketones is 1. The first-order valence-electron chi connectivity index (χ1n) is 8.40. The molecule has 1 aromatic heterocycles. The largest absolute Gasteiger partial charge is 0.335 e. The van der Waals surface area contributed by atoms with Crippen LogP contribution in [0.3, 0.4) is 0 Å². The lowest BCUT2D eigenvalue weighted by molar-refractivity contribution is 0.0910. The normalized spacial score (nSPS) is 20.7. The highest BCUT2D eigenvalue weighted by molar-refractivity contribution is 5.98. The SMILES string of the molecule is CC1(C)CC(=O)c2cnc(NC(=O)NC3CCCCC3)nc2C1. The van der Waals surface area contributed by atoms with Crippen LogP contribution < -0.4 is 10.6 Å². The van der Waals surface area contributed by atoms with Gasteiger partial charge in [-0.05, 0) is 24.7 Å². The Balaban J connectivity index is 1.67. The maximum atomic E-state index is 12.1. The van der Waals surface area contributed by atoms with Crippen molar-refractivity contribution in [2.24, 2.45) is 5.41 Å². The quantitative estimate of drug-likeness (QED) is 0.878. The smallest absolute Gasteiger partial charge is 0.321 e. The number of hydrogen-bond acceptors (Lipinski definition) is 4. The minimum Gasteiger partial charge on any atom is -0.335 e. The average Bonchev–Trinajstić information content (AvgIpc) is 2.46. The number of carbonyl (C=O) groups is 2. The molecular weight excluding hydrogens is 292 g/mol. The second-order valence-corrected chi connectivity index (χ2v) is 7.43. The molecule has 0 atom stereocenters. The first kappa shape index (κ1) is 15.9. The molecule has 6 heteroatoms. The van der Waals surface area contributed by atoms with E-state index in [0.29, 0.717) is 12.0 Å². The van der Waals surface area contributed by atoms with Crippen LogP contribution in [0, 0.1) is 5.41 Å². The summed E-state index contributed by atoms with van der Waals surface area (Å²) in [5.41, 5.74) is 1.22. The van der Waals surface area contributed by atoms with E-state index in [-0.39, 0.29) is 29.2 Å². The number of nitrogens with one attached hydrogen (secondary N) is 2. The molecule has 6 nitrogen and oxygen atoms in total. The fourth-order valence-corrected chi connectivity index (χ4v) is 3.46. The highest BCUT2D eigenvalue weighted by Crippen LogP contribution is 2.33. The van der Waals surface area contributed by atoms with Crippen LogP contribution in [0.25, 0.3) is 0 Å². The van der Waals surface area contributed by atoms with E-state index in [1.807, 2.05) is 0 Å². The second kappa shape index (κ2) is 6.26. The summed E-state index contributed by atoms with van der Waals surface area (Å²) in [6.45, 7) is 4.11. The highest BCUT2D eigenvalue weighted by Gasteiger charge is 2.32. The van der Waals surface area contributed by atoms with Gasteiger partial charge >= 0.3 is 6.03 Å². The van der Waals surface area contributed by atoms with Crippen LogP contribution in [-0.2, 0) is 6.42 Å². The Hall–Kier alpha value is -1.98. The molecule has 2 aliphatic carbocycles. The molecule has 0 aromatic carbocycles. The molecule has 0 bridgehead atoms. The van der Waals surface area contributed by atoms with Gasteiger partial charge in [0.2, 0.25) is 5.95 Å². The maximum absolute atomic E-state index is 12.1. The topological polar surface area (TPSA) is 84.0 Å². The van der Waals surface area contributed by atoms with Gasteiger partial charge in [-0.15, -0.1) is 0 Å². The third-order valence-corrected chi connectivity index (χ3v) is 4.62. The van der Waals surface area contributed by atoms with E-state index in [2.05, 4.69) is 34.4 Å². The summed E-state index contributed by atoms with van der Waals surface area (Å²) >= 11 is 0. The van der Waals surface area contributed by atoms with E-state index in [1.165, 1.54) is 12.6 Å². The summed E-state index contributed by atoms with van der Waals surface area (Å²) in [6.07, 6.45) is 8.40. The van der Waals surface area contributed by atoms with E-state index in [9.17, 15) is 9.59 Å². The molecule has 1 saturated carbocycles. The number of hydrogen-bond donors (Lipinski definition) is 2. The van der Waals surface area contributed by atoms with Crippen LogP contribution in [0.4, 0.5) is 10.7 Å². The predicted molar refractivity (Wildman–Crippen MR) is 87.5 cm³/mol. The van der Waals surface area contributed by atoms with Crippen LogP contribution in [0.5, 0.6) is 0 Å². The van der Waals surface area contributed by atoms with Crippen molar-refractivity contribution in [2.75, 3.05) is 5.32 Å². The Morgan fingerprint density at radius 1 is 1.22 bits per heavy atom. The third kappa shape index (κ3) is 3.86. The molecule has 23 heavy (non-hydrogen) atoms. The van der Waals surface area contributed by atoms with Crippen LogP contribution >= 0.6 is 0 Å². The monoisotopic (exact) mass is 316 g/mol. The minimum absolute atomic E-state index is 0.0782. The summed E-state index contributed by atoms with van der Waals surface area (Å²) in [7, 11) is 0. The second-order valence-electron chi connectivity index (χ2n) is 7.43. The number of urea groups is 1. The summed E-state index contributed by atoms with van der Waals surface area (Å²) in [5.74, 6) is 0.344. The van der Waals surface area contributed by atoms with Gasteiger partial charge in [0.15, 0.2) is 5.78 Å². The van der Waals surface area contributed by atoms with E-state index in [4.69, 9.17) is 0 Å². The maximum Gasteiger partial charge on any atom is 0.321 e. The molecule has 1 aromatic rings. The van der Waals surface area contributed by atoms with E-state index < -0.39 is 0 Å². The summed E-state index contributed by atoms with van der Waals surface area (Å²) in [6, 6.07) is -0.0277. The van der Waals surface area contributed by atoms with Gasteiger partial charge < -0.3 is 5.32 Å². The van der Waals surface area contributed by atoms with Gasteiger partial charge in [-0.3, -0.25) is 10.1 Å². The van der Waals surface area contributed by atoms with E-state index in [1.54, 1.807) is 0 Å². The number of anilines is 1. The van der Waals surface area contributed by atoms with Crippen LogP contribution in [0.15, 0.2) is 6.20 Å². The summed E-state index contributed by atoms with van der Waals surface area (Å²) < 4.78 is 0. The van der Waals surface area contributed by atoms with Gasteiger partial charge in [-0.1, -0.05) is 33.1 Å². The number of rotatable bonds is 2. The number of aromatic nitrogens is 2. The van der Waals surface area contributed by atoms with Gasteiger partial charge in [-0.2, -0.15) is 0 Å². The zero-order chi connectivity index (χ0) is 16.4. The van der Waals surface area contributed by atoms with Crippen molar-refractivity contribution in [3.05, 3.63) is 17.5 Å². The van der Waals surface area contributed by atoms with Crippen molar-refractivity contribution >= 4 is 17.8 Å². The van der Waals surface area contributed by atoms with Crippen molar-refractivity contribution < 1.29 is 9.59 Å². The number of amides is 2. The standard InChI is InChI=1S/C17H24N4O2/c1-17(2)8-13-12(14(22)9-17)10-18-15(20-13)21-16(23)19-11-6-4-3-5-7-11/h10-11H,3-9H2,1-2H3,(H2,18,19,20,21,23). The third-order valence-electron chi connectivity index (χ3n) is 4.62. The summed E-state index contributed by atoms with van der Waals surface area (Å²) in [5, 5.41) is 5.67. The molecule has 1 fully saturated rings. The molecule has 0 unspecified atom stereocenters. The van der Waals surface area contributed by atoms with Crippen molar-refractivity contribution in [3.8, 4) is 0 Å².